The minimum Gasteiger partial charge on any atom is -0.469 e. The summed E-state index contributed by atoms with van der Waals surface area (Å²) in [5.41, 5.74) is -0.0235. The van der Waals surface area contributed by atoms with Crippen molar-refractivity contribution >= 4 is 11.9 Å². The van der Waals surface area contributed by atoms with E-state index in [-0.39, 0.29) is 17.9 Å². The van der Waals surface area contributed by atoms with E-state index in [2.05, 4.69) is 0 Å². The van der Waals surface area contributed by atoms with Crippen molar-refractivity contribution in [1.82, 2.24) is 4.90 Å². The molecule has 1 aromatic rings. The zero-order valence-electron chi connectivity index (χ0n) is 13.0. The van der Waals surface area contributed by atoms with E-state index in [0.29, 0.717) is 12.1 Å². The third-order valence-electron chi connectivity index (χ3n) is 4.33. The molecular weight excluding hydrogens is 266 g/mol. The van der Waals surface area contributed by atoms with Gasteiger partial charge in [0.1, 0.15) is 0 Å². The second kappa shape index (κ2) is 6.29. The van der Waals surface area contributed by atoms with E-state index >= 15 is 0 Å². The van der Waals surface area contributed by atoms with Gasteiger partial charge in [-0.15, -0.1) is 0 Å². The summed E-state index contributed by atoms with van der Waals surface area (Å²) in [7, 11) is 1.40. The number of hydrogen-bond donors (Lipinski definition) is 0. The van der Waals surface area contributed by atoms with Gasteiger partial charge in [-0.3, -0.25) is 9.59 Å². The van der Waals surface area contributed by atoms with E-state index in [9.17, 15) is 9.59 Å². The Bertz CT molecular complexity index is 510. The predicted molar refractivity (Wildman–Crippen MR) is 80.9 cm³/mol. The molecule has 0 N–H and O–H groups in total. The smallest absolute Gasteiger partial charge is 0.313 e. The van der Waals surface area contributed by atoms with Crippen LogP contribution < -0.4 is 0 Å². The summed E-state index contributed by atoms with van der Waals surface area (Å²) in [6, 6.07) is 9.13. The number of esters is 1. The maximum atomic E-state index is 12.7. The van der Waals surface area contributed by atoms with Crippen LogP contribution in [0.5, 0.6) is 0 Å². The molecule has 0 saturated carbocycles. The number of piperidine rings is 1. The van der Waals surface area contributed by atoms with Gasteiger partial charge >= 0.3 is 5.97 Å². The van der Waals surface area contributed by atoms with E-state index in [4.69, 9.17) is 4.74 Å². The van der Waals surface area contributed by atoms with E-state index in [1.807, 2.05) is 49.1 Å². The summed E-state index contributed by atoms with van der Waals surface area (Å²) in [5, 5.41) is 0. The molecule has 1 fully saturated rings. The summed E-state index contributed by atoms with van der Waals surface area (Å²) in [6.07, 6.45) is 2.84. The first kappa shape index (κ1) is 15.5. The Morgan fingerprint density at radius 3 is 2.48 bits per heavy atom. The van der Waals surface area contributed by atoms with E-state index in [1.54, 1.807) is 0 Å². The van der Waals surface area contributed by atoms with E-state index < -0.39 is 5.41 Å². The fourth-order valence-electron chi connectivity index (χ4n) is 3.07. The lowest BCUT2D eigenvalue weighted by molar-refractivity contribution is -0.155. The van der Waals surface area contributed by atoms with Crippen molar-refractivity contribution in [3.8, 4) is 0 Å². The first-order valence-electron chi connectivity index (χ1n) is 7.43. The molecule has 1 aliphatic rings. The summed E-state index contributed by atoms with van der Waals surface area (Å²) in [5.74, 6) is -0.266. The van der Waals surface area contributed by atoms with Gasteiger partial charge < -0.3 is 9.64 Å². The number of amides is 1. The summed E-state index contributed by atoms with van der Waals surface area (Å²) < 4.78 is 4.93. The quantitative estimate of drug-likeness (QED) is 0.804. The third kappa shape index (κ3) is 3.09. The molecule has 0 radical (unpaired) electrons. The Labute approximate surface area is 126 Å². The van der Waals surface area contributed by atoms with Gasteiger partial charge in [0.15, 0.2) is 0 Å². The Kier molecular flexibility index (Phi) is 4.66. The fourth-order valence-corrected chi connectivity index (χ4v) is 3.07. The van der Waals surface area contributed by atoms with Crippen LogP contribution in [0.3, 0.4) is 0 Å². The minimum absolute atomic E-state index is 0.00252. The highest BCUT2D eigenvalue weighted by atomic mass is 16.5. The largest absolute Gasteiger partial charge is 0.469 e. The number of likely N-dealkylation sites (tertiary alicyclic amines) is 1. The van der Waals surface area contributed by atoms with Crippen molar-refractivity contribution in [1.29, 1.82) is 0 Å². The molecule has 114 valence electrons. The molecular formula is C17H23NO3. The van der Waals surface area contributed by atoms with Crippen LogP contribution in [0.2, 0.25) is 0 Å². The lowest BCUT2D eigenvalue weighted by Crippen LogP contribution is -2.54. The van der Waals surface area contributed by atoms with Gasteiger partial charge in [-0.2, -0.15) is 0 Å². The van der Waals surface area contributed by atoms with Crippen molar-refractivity contribution in [2.75, 3.05) is 13.7 Å². The number of ether oxygens (including phenoxy) is 1. The van der Waals surface area contributed by atoms with Crippen LogP contribution in [0, 0.1) is 5.41 Å². The Hall–Kier alpha value is -1.84. The second-order valence-electron chi connectivity index (χ2n) is 6.09. The molecule has 0 aliphatic carbocycles. The molecule has 1 heterocycles. The molecule has 0 bridgehead atoms. The third-order valence-corrected chi connectivity index (χ3v) is 4.33. The maximum absolute atomic E-state index is 12.7. The second-order valence-corrected chi connectivity index (χ2v) is 6.09. The lowest BCUT2D eigenvalue weighted by atomic mass is 9.78. The number of carbonyl (C=O) groups is 2. The molecule has 1 unspecified atom stereocenters. The van der Waals surface area contributed by atoms with Crippen LogP contribution in [-0.2, 0) is 9.53 Å². The number of nitrogens with zero attached hydrogens (tertiary/aromatic N) is 1. The van der Waals surface area contributed by atoms with Crippen molar-refractivity contribution in [2.45, 2.75) is 39.2 Å². The highest BCUT2D eigenvalue weighted by molar-refractivity contribution is 5.95. The fraction of sp³-hybridized carbons (Fsp3) is 0.529. The van der Waals surface area contributed by atoms with Gasteiger partial charge in [0.25, 0.3) is 5.91 Å². The highest BCUT2D eigenvalue weighted by Gasteiger charge is 2.43. The van der Waals surface area contributed by atoms with Gasteiger partial charge in [0.05, 0.1) is 12.5 Å². The lowest BCUT2D eigenvalue weighted by Gasteiger charge is -2.43. The van der Waals surface area contributed by atoms with Gasteiger partial charge in [-0.1, -0.05) is 18.2 Å². The van der Waals surface area contributed by atoms with Crippen LogP contribution >= 0.6 is 0 Å². The SMILES string of the molecule is COC(=O)C(C)(C)C1CCCCN1C(=O)c1ccccc1. The van der Waals surface area contributed by atoms with Crippen molar-refractivity contribution in [3.63, 3.8) is 0 Å². The molecule has 1 aliphatic heterocycles. The molecule has 1 amide bonds. The molecule has 21 heavy (non-hydrogen) atoms. The Balaban J connectivity index is 2.27. The highest BCUT2D eigenvalue weighted by Crippen LogP contribution is 2.34. The molecule has 0 spiro atoms. The van der Waals surface area contributed by atoms with Crippen LogP contribution in [0.1, 0.15) is 43.5 Å². The van der Waals surface area contributed by atoms with Gasteiger partial charge in [0.2, 0.25) is 0 Å². The number of rotatable bonds is 3. The summed E-state index contributed by atoms with van der Waals surface area (Å²) >= 11 is 0. The number of benzene rings is 1. The summed E-state index contributed by atoms with van der Waals surface area (Å²) in [4.78, 5) is 26.7. The zero-order valence-corrected chi connectivity index (χ0v) is 13.0. The summed E-state index contributed by atoms with van der Waals surface area (Å²) in [6.45, 7) is 4.42. The van der Waals surface area contributed by atoms with Gasteiger partial charge in [-0.05, 0) is 45.2 Å². The van der Waals surface area contributed by atoms with Crippen molar-refractivity contribution in [3.05, 3.63) is 35.9 Å². The molecule has 4 nitrogen and oxygen atoms in total. The monoisotopic (exact) mass is 289 g/mol. The van der Waals surface area contributed by atoms with Crippen molar-refractivity contribution in [2.24, 2.45) is 5.41 Å². The molecule has 2 rings (SSSR count). The topological polar surface area (TPSA) is 46.6 Å². The van der Waals surface area contributed by atoms with E-state index in [1.165, 1.54) is 7.11 Å². The molecule has 1 aromatic carbocycles. The normalized spacial score (nSPS) is 19.2. The van der Waals surface area contributed by atoms with Crippen LogP contribution in [-0.4, -0.2) is 36.5 Å². The molecule has 0 aromatic heterocycles. The Morgan fingerprint density at radius 1 is 1.19 bits per heavy atom. The minimum atomic E-state index is -0.695. The first-order valence-corrected chi connectivity index (χ1v) is 7.43. The van der Waals surface area contributed by atoms with Gasteiger partial charge in [0, 0.05) is 18.2 Å². The van der Waals surface area contributed by atoms with Crippen molar-refractivity contribution < 1.29 is 14.3 Å². The van der Waals surface area contributed by atoms with Crippen LogP contribution in [0.15, 0.2) is 30.3 Å². The zero-order chi connectivity index (χ0) is 15.5. The van der Waals surface area contributed by atoms with E-state index in [0.717, 1.165) is 19.3 Å². The molecule has 1 atom stereocenters. The first-order chi connectivity index (χ1) is 9.98. The standard InChI is InChI=1S/C17H23NO3/c1-17(2,16(20)21-3)14-11-7-8-12-18(14)15(19)13-9-5-4-6-10-13/h4-6,9-10,14H,7-8,11-12H2,1-3H3. The average Bonchev–Trinajstić information content (AvgIpc) is 2.54. The van der Waals surface area contributed by atoms with Gasteiger partial charge in [-0.25, -0.2) is 0 Å². The number of methoxy groups -OCH3 is 1. The number of hydrogen-bond acceptors (Lipinski definition) is 3. The molecule has 1 saturated heterocycles. The predicted octanol–water partition coefficient (Wildman–Crippen LogP) is 2.88. The van der Waals surface area contributed by atoms with Crippen LogP contribution in [0.25, 0.3) is 0 Å². The maximum Gasteiger partial charge on any atom is 0.313 e. The Morgan fingerprint density at radius 2 is 1.86 bits per heavy atom. The number of carbonyl (C=O) groups excluding carboxylic acids is 2. The van der Waals surface area contributed by atoms with Crippen LogP contribution in [0.4, 0.5) is 0 Å². The molecule has 4 heteroatoms. The average molecular weight is 289 g/mol.